The molecule has 1 aliphatic rings. The van der Waals surface area contributed by atoms with Crippen LogP contribution in [-0.4, -0.2) is 12.5 Å². The summed E-state index contributed by atoms with van der Waals surface area (Å²) < 4.78 is 0. The van der Waals surface area contributed by atoms with Gasteiger partial charge in [-0.3, -0.25) is 0 Å². The highest BCUT2D eigenvalue weighted by Crippen LogP contribution is 2.36. The van der Waals surface area contributed by atoms with Gasteiger partial charge < -0.3 is 0 Å². The van der Waals surface area contributed by atoms with Crippen LogP contribution in [0.3, 0.4) is 0 Å². The minimum absolute atomic E-state index is 0.283. The molecule has 0 aliphatic heterocycles. The summed E-state index contributed by atoms with van der Waals surface area (Å²) in [6, 6.07) is 15.5. The molecule has 96 valence electrons. The predicted octanol–water partition coefficient (Wildman–Crippen LogP) is 4.55. The van der Waals surface area contributed by atoms with Crippen molar-refractivity contribution in [1.29, 1.82) is 0 Å². The first-order valence-corrected chi connectivity index (χ1v) is 8.67. The fraction of sp³-hybridized carbons (Fsp3) is 0.222. The molecule has 3 rings (SSSR count). The molecular formula is C18H19S+. The zero-order valence-electron chi connectivity index (χ0n) is 11.7. The first-order chi connectivity index (χ1) is 9.16. The topological polar surface area (TPSA) is 0 Å². The molecule has 0 amide bonds. The molecule has 1 heteroatoms. The Hall–Kier alpha value is -1.47. The van der Waals surface area contributed by atoms with Gasteiger partial charge in [-0.25, -0.2) is 0 Å². The molecule has 0 spiro atoms. The largest absolute Gasteiger partial charge is 0.162 e. The van der Waals surface area contributed by atoms with Crippen molar-refractivity contribution in [2.24, 2.45) is 0 Å². The van der Waals surface area contributed by atoms with Gasteiger partial charge in [-0.1, -0.05) is 42.0 Å². The number of hydrogen-bond acceptors (Lipinski definition) is 0. The zero-order valence-corrected chi connectivity index (χ0v) is 12.6. The molecular weight excluding hydrogens is 248 g/mol. The van der Waals surface area contributed by atoms with E-state index in [2.05, 4.69) is 68.0 Å². The van der Waals surface area contributed by atoms with Gasteiger partial charge in [0.05, 0.1) is 0 Å². The molecule has 0 nitrogen and oxygen atoms in total. The maximum absolute atomic E-state index is 2.35. The van der Waals surface area contributed by atoms with Crippen LogP contribution in [0.4, 0.5) is 0 Å². The zero-order chi connectivity index (χ0) is 13.4. The number of benzene rings is 2. The molecule has 19 heavy (non-hydrogen) atoms. The van der Waals surface area contributed by atoms with Crippen molar-refractivity contribution in [3.05, 3.63) is 59.2 Å². The lowest BCUT2D eigenvalue weighted by molar-refractivity contribution is 1.19. The molecule has 1 aliphatic carbocycles. The van der Waals surface area contributed by atoms with Crippen LogP contribution in [-0.2, 0) is 17.3 Å². The molecule has 0 fully saturated rings. The van der Waals surface area contributed by atoms with E-state index in [0.717, 1.165) is 6.42 Å². The third kappa shape index (κ3) is 2.23. The highest BCUT2D eigenvalue weighted by atomic mass is 32.2. The molecule has 0 saturated heterocycles. The van der Waals surface area contributed by atoms with Crippen LogP contribution in [0.2, 0.25) is 0 Å². The number of fused-ring (bicyclic) bond motifs is 1. The molecule has 0 heterocycles. The summed E-state index contributed by atoms with van der Waals surface area (Å²) in [5.74, 6) is 0. The van der Waals surface area contributed by atoms with Crippen molar-refractivity contribution in [3.8, 4) is 11.1 Å². The fourth-order valence-corrected chi connectivity index (χ4v) is 3.78. The second-order valence-corrected chi connectivity index (χ2v) is 7.43. The van der Waals surface area contributed by atoms with E-state index >= 15 is 0 Å². The Bertz CT molecular complexity index is 650. The monoisotopic (exact) mass is 267 g/mol. The minimum Gasteiger partial charge on any atom is -0.0683 e. The van der Waals surface area contributed by atoms with E-state index in [-0.39, 0.29) is 10.9 Å². The van der Waals surface area contributed by atoms with Gasteiger partial charge in [0.15, 0.2) is 4.90 Å². The second kappa shape index (κ2) is 4.90. The molecule has 0 radical (unpaired) electrons. The van der Waals surface area contributed by atoms with E-state index in [4.69, 9.17) is 0 Å². The third-order valence-electron chi connectivity index (χ3n) is 3.67. The average Bonchev–Trinajstić information content (AvgIpc) is 2.78. The third-order valence-corrected chi connectivity index (χ3v) is 4.91. The lowest BCUT2D eigenvalue weighted by atomic mass is 9.97. The Balaban J connectivity index is 2.22. The molecule has 2 aromatic carbocycles. The van der Waals surface area contributed by atoms with Crippen LogP contribution in [0.25, 0.3) is 17.2 Å². The summed E-state index contributed by atoms with van der Waals surface area (Å²) in [6.07, 6.45) is 8.05. The number of hydrogen-bond donors (Lipinski definition) is 0. The van der Waals surface area contributed by atoms with E-state index in [9.17, 15) is 0 Å². The van der Waals surface area contributed by atoms with Crippen LogP contribution >= 0.6 is 0 Å². The summed E-state index contributed by atoms with van der Waals surface area (Å²) in [7, 11) is 0.283. The quantitative estimate of drug-likeness (QED) is 0.700. The molecule has 0 unspecified atom stereocenters. The fourth-order valence-electron chi connectivity index (χ4n) is 2.82. The van der Waals surface area contributed by atoms with Gasteiger partial charge in [0, 0.05) is 16.5 Å². The van der Waals surface area contributed by atoms with E-state index in [1.165, 1.54) is 32.7 Å². The maximum Gasteiger partial charge on any atom is 0.162 e. The molecule has 0 atom stereocenters. The Morgan fingerprint density at radius 2 is 1.63 bits per heavy atom. The van der Waals surface area contributed by atoms with Gasteiger partial charge in [0.25, 0.3) is 0 Å². The van der Waals surface area contributed by atoms with E-state index in [1.54, 1.807) is 0 Å². The molecule has 0 bridgehead atoms. The lowest BCUT2D eigenvalue weighted by Gasteiger charge is -2.10. The number of rotatable bonds is 2. The van der Waals surface area contributed by atoms with Gasteiger partial charge >= 0.3 is 0 Å². The van der Waals surface area contributed by atoms with Crippen molar-refractivity contribution < 1.29 is 0 Å². The van der Waals surface area contributed by atoms with Crippen molar-refractivity contribution in [2.45, 2.75) is 18.2 Å². The van der Waals surface area contributed by atoms with Crippen molar-refractivity contribution >= 4 is 17.0 Å². The minimum atomic E-state index is 0.283. The van der Waals surface area contributed by atoms with Crippen LogP contribution in [0.15, 0.2) is 52.9 Å². The van der Waals surface area contributed by atoms with Crippen LogP contribution < -0.4 is 0 Å². The normalized spacial score (nSPS) is 13.6. The van der Waals surface area contributed by atoms with E-state index in [1.807, 2.05) is 0 Å². The van der Waals surface area contributed by atoms with Gasteiger partial charge in [-0.2, -0.15) is 0 Å². The Morgan fingerprint density at radius 1 is 0.895 bits per heavy atom. The Kier molecular flexibility index (Phi) is 3.24. The van der Waals surface area contributed by atoms with E-state index < -0.39 is 0 Å². The maximum atomic E-state index is 2.35. The number of allylic oxidation sites excluding steroid dienone is 1. The summed E-state index contributed by atoms with van der Waals surface area (Å²) in [6.45, 7) is 2.22. The van der Waals surface area contributed by atoms with E-state index in [0.29, 0.717) is 0 Å². The Labute approximate surface area is 118 Å². The molecule has 0 aromatic heterocycles. The summed E-state index contributed by atoms with van der Waals surface area (Å²) in [5, 5.41) is 0. The van der Waals surface area contributed by atoms with Crippen molar-refractivity contribution in [2.75, 3.05) is 12.5 Å². The molecule has 2 aromatic rings. The van der Waals surface area contributed by atoms with Gasteiger partial charge in [-0.15, -0.1) is 0 Å². The van der Waals surface area contributed by atoms with Crippen LogP contribution in [0.1, 0.15) is 18.1 Å². The Morgan fingerprint density at radius 3 is 2.42 bits per heavy atom. The van der Waals surface area contributed by atoms with Crippen LogP contribution in [0.5, 0.6) is 0 Å². The average molecular weight is 267 g/mol. The van der Waals surface area contributed by atoms with Gasteiger partial charge in [-0.05, 0) is 42.2 Å². The smallest absolute Gasteiger partial charge is 0.0683 e. The summed E-state index contributed by atoms with van der Waals surface area (Å²) in [4.78, 5) is 1.47. The van der Waals surface area contributed by atoms with Crippen LogP contribution in [0, 0.1) is 0 Å². The highest BCUT2D eigenvalue weighted by Gasteiger charge is 2.20. The molecule has 0 saturated carbocycles. The van der Waals surface area contributed by atoms with Crippen molar-refractivity contribution in [1.82, 2.24) is 0 Å². The standard InChI is InChI=1S/C18H19S/c1-13-11-14-7-6-9-15(17(14)12-13)16-8-4-5-10-18(16)19(2)3/h4-10,12H,11H2,1-3H3/q+1. The summed E-state index contributed by atoms with van der Waals surface area (Å²) >= 11 is 0. The SMILES string of the molecule is CC1=Cc2c(cccc2-c2ccccc2[S+](C)C)C1. The molecule has 0 N–H and O–H groups in total. The lowest BCUT2D eigenvalue weighted by Crippen LogP contribution is -1.99. The van der Waals surface area contributed by atoms with Gasteiger partial charge in [0.1, 0.15) is 12.5 Å². The first kappa shape index (κ1) is 12.6. The first-order valence-electron chi connectivity index (χ1n) is 6.63. The second-order valence-electron chi connectivity index (χ2n) is 5.36. The highest BCUT2D eigenvalue weighted by molar-refractivity contribution is 7.95. The van der Waals surface area contributed by atoms with Crippen molar-refractivity contribution in [3.63, 3.8) is 0 Å². The predicted molar refractivity (Wildman–Crippen MR) is 86.7 cm³/mol. The van der Waals surface area contributed by atoms with Gasteiger partial charge in [0.2, 0.25) is 0 Å². The summed E-state index contributed by atoms with van der Waals surface area (Å²) in [5.41, 5.74) is 7.16.